The fourth-order valence-electron chi connectivity index (χ4n) is 4.50. The van der Waals surface area contributed by atoms with E-state index in [9.17, 15) is 4.79 Å². The van der Waals surface area contributed by atoms with Crippen molar-refractivity contribution in [1.82, 2.24) is 4.90 Å². The van der Waals surface area contributed by atoms with E-state index in [4.69, 9.17) is 9.47 Å². The Labute approximate surface area is 169 Å². The highest BCUT2D eigenvalue weighted by Crippen LogP contribution is 2.33. The van der Waals surface area contributed by atoms with E-state index in [2.05, 4.69) is 17.1 Å². The summed E-state index contributed by atoms with van der Waals surface area (Å²) in [5.41, 5.74) is 0.139. The first kappa shape index (κ1) is 21.1. The average Bonchev–Trinajstić information content (AvgIpc) is 2.70. The van der Waals surface area contributed by atoms with E-state index in [1.54, 1.807) is 0 Å². The van der Waals surface area contributed by atoms with Crippen molar-refractivity contribution in [3.8, 4) is 5.75 Å². The molecule has 156 valence electrons. The average molecular weight is 389 g/mol. The van der Waals surface area contributed by atoms with Crippen LogP contribution in [0.25, 0.3) is 0 Å². The van der Waals surface area contributed by atoms with E-state index in [-0.39, 0.29) is 5.91 Å². The summed E-state index contributed by atoms with van der Waals surface area (Å²) in [6, 6.07) is 7.70. The van der Waals surface area contributed by atoms with Crippen molar-refractivity contribution in [3.05, 3.63) is 24.3 Å². The van der Waals surface area contributed by atoms with Gasteiger partial charge in [-0.15, -0.1) is 0 Å². The maximum absolute atomic E-state index is 12.9. The van der Waals surface area contributed by atoms with Gasteiger partial charge in [-0.3, -0.25) is 9.69 Å². The lowest BCUT2D eigenvalue weighted by molar-refractivity contribution is -0.145. The van der Waals surface area contributed by atoms with Crippen molar-refractivity contribution in [2.45, 2.75) is 64.4 Å². The molecule has 0 radical (unpaired) electrons. The van der Waals surface area contributed by atoms with E-state index in [0.717, 1.165) is 49.6 Å². The molecule has 0 bridgehead atoms. The first-order valence-electron chi connectivity index (χ1n) is 11.0. The number of likely N-dealkylation sites (tertiary alicyclic amines) is 1. The van der Waals surface area contributed by atoms with Gasteiger partial charge in [0.15, 0.2) is 0 Å². The largest absolute Gasteiger partial charge is 0.492 e. The second-order valence-electron chi connectivity index (χ2n) is 8.36. The Morgan fingerprint density at radius 1 is 1.18 bits per heavy atom. The van der Waals surface area contributed by atoms with E-state index in [1.807, 2.05) is 31.2 Å². The van der Waals surface area contributed by atoms with Gasteiger partial charge in [0.2, 0.25) is 0 Å². The predicted molar refractivity (Wildman–Crippen MR) is 113 cm³/mol. The molecule has 1 saturated carbocycles. The van der Waals surface area contributed by atoms with Crippen LogP contribution in [0.5, 0.6) is 5.75 Å². The molecule has 2 aliphatic rings. The van der Waals surface area contributed by atoms with Crippen LogP contribution in [-0.4, -0.2) is 49.3 Å². The Balaban J connectivity index is 1.47. The molecule has 1 aromatic carbocycles. The van der Waals surface area contributed by atoms with Crippen molar-refractivity contribution in [3.63, 3.8) is 0 Å². The lowest BCUT2D eigenvalue weighted by Crippen LogP contribution is -2.47. The molecule has 0 spiro atoms. The van der Waals surface area contributed by atoms with Gasteiger partial charge in [0.05, 0.1) is 0 Å². The molecule has 28 heavy (non-hydrogen) atoms. The zero-order chi connectivity index (χ0) is 19.8. The number of anilines is 1. The highest BCUT2D eigenvalue weighted by atomic mass is 16.5. The summed E-state index contributed by atoms with van der Waals surface area (Å²) in [7, 11) is 0. The number of hydrogen-bond donors (Lipinski definition) is 1. The van der Waals surface area contributed by atoms with E-state index < -0.39 is 5.60 Å². The molecule has 1 aromatic rings. The molecule has 1 unspecified atom stereocenters. The molecule has 1 atom stereocenters. The SMILES string of the molecule is CCOC1(C(=O)Nc2ccc(OCCN3CCCC(C)C3)cc2)CCCCC1. The Hall–Kier alpha value is -1.59. The minimum Gasteiger partial charge on any atom is -0.492 e. The summed E-state index contributed by atoms with van der Waals surface area (Å²) in [6.07, 6.45) is 7.54. The molecule has 5 heteroatoms. The third kappa shape index (κ3) is 5.71. The monoisotopic (exact) mass is 388 g/mol. The first-order chi connectivity index (χ1) is 13.6. The number of carbonyl (C=O) groups is 1. The number of nitrogens with zero attached hydrogens (tertiary/aromatic N) is 1. The maximum atomic E-state index is 12.9. The number of ether oxygens (including phenoxy) is 2. The zero-order valence-corrected chi connectivity index (χ0v) is 17.5. The molecule has 1 saturated heterocycles. The van der Waals surface area contributed by atoms with Crippen LogP contribution in [0.15, 0.2) is 24.3 Å². The lowest BCUT2D eigenvalue weighted by atomic mass is 9.83. The highest BCUT2D eigenvalue weighted by Gasteiger charge is 2.40. The summed E-state index contributed by atoms with van der Waals surface area (Å²) in [5.74, 6) is 1.63. The van der Waals surface area contributed by atoms with Gasteiger partial charge >= 0.3 is 0 Å². The molecule has 1 amide bonds. The first-order valence-corrected chi connectivity index (χ1v) is 11.0. The number of carbonyl (C=O) groups excluding carboxylic acids is 1. The van der Waals surface area contributed by atoms with Crippen molar-refractivity contribution in [2.24, 2.45) is 5.92 Å². The third-order valence-corrected chi connectivity index (χ3v) is 6.03. The smallest absolute Gasteiger partial charge is 0.256 e. The second-order valence-corrected chi connectivity index (χ2v) is 8.36. The van der Waals surface area contributed by atoms with Gasteiger partial charge in [-0.2, -0.15) is 0 Å². The van der Waals surface area contributed by atoms with Crippen LogP contribution in [-0.2, 0) is 9.53 Å². The van der Waals surface area contributed by atoms with Crippen LogP contribution < -0.4 is 10.1 Å². The molecule has 5 nitrogen and oxygen atoms in total. The predicted octanol–water partition coefficient (Wildman–Crippen LogP) is 4.48. The number of piperidine rings is 1. The molecule has 1 heterocycles. The van der Waals surface area contributed by atoms with Crippen LogP contribution >= 0.6 is 0 Å². The van der Waals surface area contributed by atoms with Gasteiger partial charge in [-0.25, -0.2) is 0 Å². The summed E-state index contributed by atoms with van der Waals surface area (Å²) in [6.45, 7) is 8.88. The Morgan fingerprint density at radius 2 is 1.93 bits per heavy atom. The van der Waals surface area contributed by atoms with Gasteiger partial charge in [-0.05, 0) is 69.3 Å². The molecular formula is C23H36N2O3. The van der Waals surface area contributed by atoms with Crippen molar-refractivity contribution >= 4 is 11.6 Å². The van der Waals surface area contributed by atoms with Gasteiger partial charge in [0.25, 0.3) is 5.91 Å². The zero-order valence-electron chi connectivity index (χ0n) is 17.5. The Kier molecular flexibility index (Phi) is 7.74. The summed E-state index contributed by atoms with van der Waals surface area (Å²) >= 11 is 0. The van der Waals surface area contributed by atoms with Gasteiger partial charge in [-0.1, -0.05) is 26.2 Å². The summed E-state index contributed by atoms with van der Waals surface area (Å²) in [4.78, 5) is 15.4. The van der Waals surface area contributed by atoms with Gasteiger partial charge < -0.3 is 14.8 Å². The highest BCUT2D eigenvalue weighted by molar-refractivity contribution is 5.97. The number of hydrogen-bond acceptors (Lipinski definition) is 4. The fraction of sp³-hybridized carbons (Fsp3) is 0.696. The molecule has 0 aromatic heterocycles. The Bertz CT molecular complexity index is 605. The normalized spacial score (nSPS) is 22.6. The van der Waals surface area contributed by atoms with Crippen molar-refractivity contribution in [2.75, 3.05) is 38.2 Å². The molecule has 1 aliphatic heterocycles. The van der Waals surface area contributed by atoms with Crippen LogP contribution in [0, 0.1) is 5.92 Å². The quantitative estimate of drug-likeness (QED) is 0.714. The topological polar surface area (TPSA) is 50.8 Å². The standard InChI is InChI=1S/C23H36N2O3/c1-3-28-23(13-5-4-6-14-23)22(26)24-20-9-11-21(12-10-20)27-17-16-25-15-7-8-19(2)18-25/h9-12,19H,3-8,13-18H2,1-2H3,(H,24,26). The number of benzene rings is 1. The Morgan fingerprint density at radius 3 is 2.61 bits per heavy atom. The molecule has 3 rings (SSSR count). The maximum Gasteiger partial charge on any atom is 0.256 e. The van der Waals surface area contributed by atoms with Crippen LogP contribution in [0.1, 0.15) is 58.8 Å². The minimum absolute atomic E-state index is 0.0121. The lowest BCUT2D eigenvalue weighted by Gasteiger charge is -2.35. The van der Waals surface area contributed by atoms with Gasteiger partial charge in [0.1, 0.15) is 18.0 Å². The van der Waals surface area contributed by atoms with Crippen molar-refractivity contribution < 1.29 is 14.3 Å². The molecule has 1 N–H and O–H groups in total. The molecular weight excluding hydrogens is 352 g/mol. The fourth-order valence-corrected chi connectivity index (χ4v) is 4.50. The number of rotatable bonds is 8. The van der Waals surface area contributed by atoms with Crippen LogP contribution in [0.3, 0.4) is 0 Å². The number of amides is 1. The van der Waals surface area contributed by atoms with Crippen molar-refractivity contribution in [1.29, 1.82) is 0 Å². The number of nitrogens with one attached hydrogen (secondary N) is 1. The van der Waals surface area contributed by atoms with E-state index in [0.29, 0.717) is 13.2 Å². The molecule has 1 aliphatic carbocycles. The second kappa shape index (κ2) is 10.3. The summed E-state index contributed by atoms with van der Waals surface area (Å²) < 4.78 is 11.8. The van der Waals surface area contributed by atoms with E-state index in [1.165, 1.54) is 32.4 Å². The van der Waals surface area contributed by atoms with Crippen LogP contribution in [0.4, 0.5) is 5.69 Å². The van der Waals surface area contributed by atoms with E-state index >= 15 is 0 Å². The van der Waals surface area contributed by atoms with Crippen LogP contribution in [0.2, 0.25) is 0 Å². The third-order valence-electron chi connectivity index (χ3n) is 6.03. The summed E-state index contributed by atoms with van der Waals surface area (Å²) in [5, 5.41) is 3.05. The van der Waals surface area contributed by atoms with Gasteiger partial charge in [0, 0.05) is 25.4 Å². The minimum atomic E-state index is -0.659. The molecule has 2 fully saturated rings.